The SMILES string of the molecule is Cc1cccc(C(=O)N2CCN(c3ccccc3)CC2)n1. The Kier molecular flexibility index (Phi) is 3.86. The zero-order chi connectivity index (χ0) is 14.7. The molecule has 4 nitrogen and oxygen atoms in total. The van der Waals surface area contributed by atoms with Crippen molar-refractivity contribution < 1.29 is 4.79 Å². The lowest BCUT2D eigenvalue weighted by atomic mass is 10.2. The highest BCUT2D eigenvalue weighted by atomic mass is 16.2. The maximum absolute atomic E-state index is 12.4. The van der Waals surface area contributed by atoms with Crippen molar-refractivity contribution in [2.24, 2.45) is 0 Å². The molecule has 4 heteroatoms. The molecule has 1 fully saturated rings. The van der Waals surface area contributed by atoms with E-state index in [0.29, 0.717) is 5.69 Å². The first-order valence-corrected chi connectivity index (χ1v) is 7.27. The Morgan fingerprint density at radius 3 is 2.33 bits per heavy atom. The van der Waals surface area contributed by atoms with Gasteiger partial charge in [-0.15, -0.1) is 0 Å². The molecule has 0 unspecified atom stereocenters. The average Bonchev–Trinajstić information content (AvgIpc) is 2.55. The van der Waals surface area contributed by atoms with Crippen molar-refractivity contribution >= 4 is 11.6 Å². The molecule has 2 heterocycles. The molecule has 0 bridgehead atoms. The second-order valence-corrected chi connectivity index (χ2v) is 5.28. The van der Waals surface area contributed by atoms with Gasteiger partial charge in [-0.05, 0) is 31.2 Å². The highest BCUT2D eigenvalue weighted by Crippen LogP contribution is 2.16. The second-order valence-electron chi connectivity index (χ2n) is 5.28. The second kappa shape index (κ2) is 5.95. The normalized spacial score (nSPS) is 15.1. The van der Waals surface area contributed by atoms with E-state index in [-0.39, 0.29) is 5.91 Å². The van der Waals surface area contributed by atoms with Crippen LogP contribution in [0, 0.1) is 6.92 Å². The van der Waals surface area contributed by atoms with Crippen molar-refractivity contribution in [1.82, 2.24) is 9.88 Å². The fraction of sp³-hybridized carbons (Fsp3) is 0.294. The van der Waals surface area contributed by atoms with Gasteiger partial charge in [0.25, 0.3) is 5.91 Å². The van der Waals surface area contributed by atoms with E-state index in [0.717, 1.165) is 31.9 Å². The number of anilines is 1. The number of piperazine rings is 1. The van der Waals surface area contributed by atoms with Crippen LogP contribution in [-0.2, 0) is 0 Å². The Balaban J connectivity index is 1.64. The summed E-state index contributed by atoms with van der Waals surface area (Å²) < 4.78 is 0. The molecule has 108 valence electrons. The van der Waals surface area contributed by atoms with E-state index in [1.54, 1.807) is 6.07 Å². The van der Waals surface area contributed by atoms with Crippen LogP contribution in [0.25, 0.3) is 0 Å². The maximum atomic E-state index is 12.4. The summed E-state index contributed by atoms with van der Waals surface area (Å²) in [6.07, 6.45) is 0. The quantitative estimate of drug-likeness (QED) is 0.848. The molecule has 2 aromatic rings. The molecule has 21 heavy (non-hydrogen) atoms. The van der Waals surface area contributed by atoms with Gasteiger partial charge in [0.05, 0.1) is 0 Å². The topological polar surface area (TPSA) is 36.4 Å². The third-order valence-electron chi connectivity index (χ3n) is 3.80. The third-order valence-corrected chi connectivity index (χ3v) is 3.80. The van der Waals surface area contributed by atoms with Crippen LogP contribution < -0.4 is 4.90 Å². The van der Waals surface area contributed by atoms with E-state index >= 15 is 0 Å². The molecule has 3 rings (SSSR count). The number of aromatic nitrogens is 1. The minimum atomic E-state index is 0.0337. The standard InChI is InChI=1S/C17H19N3O/c1-14-6-5-9-16(18-14)17(21)20-12-10-19(11-13-20)15-7-3-2-4-8-15/h2-9H,10-13H2,1H3. The van der Waals surface area contributed by atoms with Gasteiger partial charge in [-0.1, -0.05) is 24.3 Å². The summed E-state index contributed by atoms with van der Waals surface area (Å²) in [4.78, 5) is 21.0. The number of rotatable bonds is 2. The monoisotopic (exact) mass is 281 g/mol. The van der Waals surface area contributed by atoms with E-state index in [1.165, 1.54) is 5.69 Å². The predicted molar refractivity (Wildman–Crippen MR) is 83.5 cm³/mol. The molecule has 0 radical (unpaired) electrons. The van der Waals surface area contributed by atoms with Crippen LogP contribution in [0.3, 0.4) is 0 Å². The van der Waals surface area contributed by atoms with Crippen molar-refractivity contribution in [3.63, 3.8) is 0 Å². The van der Waals surface area contributed by atoms with Crippen LogP contribution >= 0.6 is 0 Å². The number of amides is 1. The predicted octanol–water partition coefficient (Wildman–Crippen LogP) is 2.35. The number of nitrogens with zero attached hydrogens (tertiary/aromatic N) is 3. The summed E-state index contributed by atoms with van der Waals surface area (Å²) in [6, 6.07) is 15.9. The van der Waals surface area contributed by atoms with Gasteiger partial charge in [0, 0.05) is 37.6 Å². The molecule has 1 amide bonds. The van der Waals surface area contributed by atoms with E-state index in [2.05, 4.69) is 22.0 Å². The number of benzene rings is 1. The fourth-order valence-corrected chi connectivity index (χ4v) is 2.63. The van der Waals surface area contributed by atoms with Crippen LogP contribution in [0.15, 0.2) is 48.5 Å². The van der Waals surface area contributed by atoms with Gasteiger partial charge in [0.2, 0.25) is 0 Å². The van der Waals surface area contributed by atoms with Gasteiger partial charge in [0.15, 0.2) is 0 Å². The molecule has 1 aliphatic rings. The van der Waals surface area contributed by atoms with E-state index in [4.69, 9.17) is 0 Å². The van der Waals surface area contributed by atoms with Crippen LogP contribution in [-0.4, -0.2) is 42.0 Å². The summed E-state index contributed by atoms with van der Waals surface area (Å²) in [5.41, 5.74) is 2.64. The third kappa shape index (κ3) is 3.05. The summed E-state index contributed by atoms with van der Waals surface area (Å²) in [5.74, 6) is 0.0337. The van der Waals surface area contributed by atoms with Gasteiger partial charge in [-0.3, -0.25) is 4.79 Å². The summed E-state index contributed by atoms with van der Waals surface area (Å²) in [5, 5.41) is 0. The Morgan fingerprint density at radius 1 is 0.952 bits per heavy atom. The molecular formula is C17H19N3O. The van der Waals surface area contributed by atoms with Crippen LogP contribution in [0.5, 0.6) is 0 Å². The zero-order valence-corrected chi connectivity index (χ0v) is 12.2. The average molecular weight is 281 g/mol. The van der Waals surface area contributed by atoms with Gasteiger partial charge in [-0.2, -0.15) is 0 Å². The minimum Gasteiger partial charge on any atom is -0.368 e. The molecule has 0 atom stereocenters. The van der Waals surface area contributed by atoms with Gasteiger partial charge in [0.1, 0.15) is 5.69 Å². The fourth-order valence-electron chi connectivity index (χ4n) is 2.63. The lowest BCUT2D eigenvalue weighted by Crippen LogP contribution is -2.49. The molecule has 0 N–H and O–H groups in total. The summed E-state index contributed by atoms with van der Waals surface area (Å²) >= 11 is 0. The van der Waals surface area contributed by atoms with E-state index in [1.807, 2.05) is 42.2 Å². The number of aryl methyl sites for hydroxylation is 1. The lowest BCUT2D eigenvalue weighted by Gasteiger charge is -2.36. The van der Waals surface area contributed by atoms with E-state index < -0.39 is 0 Å². The van der Waals surface area contributed by atoms with E-state index in [9.17, 15) is 4.79 Å². The molecule has 0 spiro atoms. The Hall–Kier alpha value is -2.36. The van der Waals surface area contributed by atoms with Crippen LogP contribution in [0.4, 0.5) is 5.69 Å². The number of pyridine rings is 1. The van der Waals surface area contributed by atoms with Crippen molar-refractivity contribution in [1.29, 1.82) is 0 Å². The molecule has 1 aliphatic heterocycles. The van der Waals surface area contributed by atoms with Crippen molar-refractivity contribution in [2.45, 2.75) is 6.92 Å². The zero-order valence-electron chi connectivity index (χ0n) is 12.2. The number of carbonyl (C=O) groups is 1. The summed E-state index contributed by atoms with van der Waals surface area (Å²) in [6.45, 7) is 5.11. The number of carbonyl (C=O) groups excluding carboxylic acids is 1. The number of hydrogen-bond acceptors (Lipinski definition) is 3. The first-order chi connectivity index (χ1) is 10.2. The maximum Gasteiger partial charge on any atom is 0.272 e. The first kappa shape index (κ1) is 13.6. The van der Waals surface area contributed by atoms with Gasteiger partial charge >= 0.3 is 0 Å². The number of hydrogen-bond donors (Lipinski definition) is 0. The van der Waals surface area contributed by atoms with Crippen LogP contribution in [0.2, 0.25) is 0 Å². The molecule has 1 saturated heterocycles. The molecule has 0 aliphatic carbocycles. The van der Waals surface area contributed by atoms with Crippen molar-refractivity contribution in [3.05, 3.63) is 59.9 Å². The Bertz CT molecular complexity index is 619. The molecular weight excluding hydrogens is 262 g/mol. The highest BCUT2D eigenvalue weighted by molar-refractivity contribution is 5.92. The van der Waals surface area contributed by atoms with Crippen LogP contribution in [0.1, 0.15) is 16.2 Å². The first-order valence-electron chi connectivity index (χ1n) is 7.27. The molecule has 1 aromatic carbocycles. The summed E-state index contributed by atoms with van der Waals surface area (Å²) in [7, 11) is 0. The Labute approximate surface area is 125 Å². The smallest absolute Gasteiger partial charge is 0.272 e. The molecule has 0 saturated carbocycles. The largest absolute Gasteiger partial charge is 0.368 e. The van der Waals surface area contributed by atoms with Gasteiger partial charge in [-0.25, -0.2) is 4.98 Å². The molecule has 1 aromatic heterocycles. The van der Waals surface area contributed by atoms with Crippen molar-refractivity contribution in [3.8, 4) is 0 Å². The highest BCUT2D eigenvalue weighted by Gasteiger charge is 2.22. The Morgan fingerprint density at radius 2 is 1.67 bits per heavy atom. The van der Waals surface area contributed by atoms with Crippen molar-refractivity contribution in [2.75, 3.05) is 31.1 Å². The van der Waals surface area contributed by atoms with Gasteiger partial charge < -0.3 is 9.80 Å². The number of para-hydroxylation sites is 1. The minimum absolute atomic E-state index is 0.0337. The lowest BCUT2D eigenvalue weighted by molar-refractivity contribution is 0.0740.